The average Bonchev–Trinajstić information content (AvgIpc) is 2.74. The molecule has 2 aromatic rings. The highest BCUT2D eigenvalue weighted by Gasteiger charge is 2.47. The minimum Gasteiger partial charge on any atom is -0.497 e. The molecule has 0 spiro atoms. The zero-order valence-corrected chi connectivity index (χ0v) is 11.4. The van der Waals surface area contributed by atoms with E-state index in [0.717, 1.165) is 0 Å². The molecule has 5 heteroatoms. The van der Waals surface area contributed by atoms with Gasteiger partial charge in [-0.2, -0.15) is 0 Å². The maximum Gasteiger partial charge on any atom is 0.265 e. The first-order valence-electron chi connectivity index (χ1n) is 6.04. The van der Waals surface area contributed by atoms with Crippen LogP contribution >= 0.6 is 11.6 Å². The number of methoxy groups -OCH3 is 1. The molecular weight excluding hydrogens is 278 g/mol. The number of carbonyl (C=O) groups is 1. The van der Waals surface area contributed by atoms with Gasteiger partial charge in [0.1, 0.15) is 5.75 Å². The van der Waals surface area contributed by atoms with Gasteiger partial charge in [-0.3, -0.25) is 4.79 Å². The third-order valence-corrected chi connectivity index (χ3v) is 3.79. The fourth-order valence-electron chi connectivity index (χ4n) is 2.40. The van der Waals surface area contributed by atoms with Crippen molar-refractivity contribution in [2.75, 3.05) is 12.4 Å². The van der Waals surface area contributed by atoms with Gasteiger partial charge in [0, 0.05) is 5.56 Å². The van der Waals surface area contributed by atoms with Crippen molar-refractivity contribution >= 4 is 23.2 Å². The highest BCUT2D eigenvalue weighted by Crippen LogP contribution is 2.44. The lowest BCUT2D eigenvalue weighted by molar-refractivity contribution is -0.129. The van der Waals surface area contributed by atoms with Crippen molar-refractivity contribution in [3.63, 3.8) is 0 Å². The molecule has 2 aromatic carbocycles. The number of halogens is 1. The molecule has 1 aliphatic rings. The molecule has 1 heterocycles. The molecule has 20 heavy (non-hydrogen) atoms. The summed E-state index contributed by atoms with van der Waals surface area (Å²) < 4.78 is 5.08. The molecule has 0 bridgehead atoms. The Balaban J connectivity index is 2.16. The molecule has 0 aromatic heterocycles. The van der Waals surface area contributed by atoms with Crippen LogP contribution in [-0.4, -0.2) is 18.1 Å². The summed E-state index contributed by atoms with van der Waals surface area (Å²) in [5.74, 6) is 0.146. The number of hydrogen-bond donors (Lipinski definition) is 2. The first-order valence-corrected chi connectivity index (χ1v) is 6.42. The number of ether oxygens (including phenoxy) is 1. The van der Waals surface area contributed by atoms with E-state index in [9.17, 15) is 9.90 Å². The second-order valence-electron chi connectivity index (χ2n) is 4.56. The van der Waals surface area contributed by atoms with Crippen LogP contribution in [-0.2, 0) is 10.4 Å². The van der Waals surface area contributed by atoms with Gasteiger partial charge in [-0.15, -0.1) is 0 Å². The molecule has 1 unspecified atom stereocenters. The summed E-state index contributed by atoms with van der Waals surface area (Å²) in [5, 5.41) is 13.9. The highest BCUT2D eigenvalue weighted by atomic mass is 35.5. The lowest BCUT2D eigenvalue weighted by Gasteiger charge is -2.21. The van der Waals surface area contributed by atoms with E-state index >= 15 is 0 Å². The Hall–Kier alpha value is -2.04. The van der Waals surface area contributed by atoms with Gasteiger partial charge in [0.25, 0.3) is 5.91 Å². The number of amides is 1. The third-order valence-electron chi connectivity index (χ3n) is 3.48. The average molecular weight is 290 g/mol. The zero-order chi connectivity index (χ0) is 14.3. The predicted molar refractivity (Wildman–Crippen MR) is 76.1 cm³/mol. The number of hydrogen-bond acceptors (Lipinski definition) is 3. The van der Waals surface area contributed by atoms with E-state index in [1.807, 2.05) is 0 Å². The van der Waals surface area contributed by atoms with Gasteiger partial charge >= 0.3 is 0 Å². The van der Waals surface area contributed by atoms with E-state index < -0.39 is 11.5 Å². The summed E-state index contributed by atoms with van der Waals surface area (Å²) >= 11 is 6.05. The molecule has 1 atom stereocenters. The Bertz CT molecular complexity index is 684. The van der Waals surface area contributed by atoms with Crippen molar-refractivity contribution in [1.29, 1.82) is 0 Å². The Kier molecular flexibility index (Phi) is 2.92. The number of nitrogens with one attached hydrogen (secondary N) is 1. The molecule has 0 aliphatic carbocycles. The molecule has 2 N–H and O–H groups in total. The Morgan fingerprint density at radius 1 is 1.20 bits per heavy atom. The normalized spacial score (nSPS) is 20.4. The Morgan fingerprint density at radius 2 is 1.90 bits per heavy atom. The fourth-order valence-corrected chi connectivity index (χ4v) is 2.62. The third kappa shape index (κ3) is 1.69. The first-order chi connectivity index (χ1) is 9.57. The van der Waals surface area contributed by atoms with Crippen molar-refractivity contribution in [2.24, 2.45) is 0 Å². The van der Waals surface area contributed by atoms with Gasteiger partial charge in [0.2, 0.25) is 0 Å². The van der Waals surface area contributed by atoms with Crippen molar-refractivity contribution in [3.05, 3.63) is 58.6 Å². The molecule has 4 nitrogen and oxygen atoms in total. The lowest BCUT2D eigenvalue weighted by atomic mass is 9.87. The van der Waals surface area contributed by atoms with E-state index in [-0.39, 0.29) is 0 Å². The van der Waals surface area contributed by atoms with Crippen LogP contribution < -0.4 is 10.1 Å². The fraction of sp³-hybridized carbons (Fsp3) is 0.133. The standard InChI is InChI=1S/C15H12ClNO3/c1-20-10-7-5-9(6-8-10)15(19)11-3-2-4-12(16)13(11)17-14(15)18/h2-8,19H,1H3,(H,17,18). The molecule has 1 aliphatic heterocycles. The molecule has 0 radical (unpaired) electrons. The van der Waals surface area contributed by atoms with Crippen LogP contribution in [0.5, 0.6) is 5.75 Å². The van der Waals surface area contributed by atoms with Gasteiger partial charge < -0.3 is 15.2 Å². The van der Waals surface area contributed by atoms with E-state index in [1.54, 1.807) is 49.6 Å². The smallest absolute Gasteiger partial charge is 0.265 e. The van der Waals surface area contributed by atoms with E-state index in [4.69, 9.17) is 16.3 Å². The quantitative estimate of drug-likeness (QED) is 0.893. The van der Waals surface area contributed by atoms with Gasteiger partial charge in [0.05, 0.1) is 17.8 Å². The maximum absolute atomic E-state index is 12.2. The minimum atomic E-state index is -1.73. The Labute approximate surface area is 120 Å². The van der Waals surface area contributed by atoms with Crippen LogP contribution in [0.25, 0.3) is 0 Å². The van der Waals surface area contributed by atoms with Crippen LogP contribution in [0.4, 0.5) is 5.69 Å². The molecule has 0 saturated heterocycles. The summed E-state index contributed by atoms with van der Waals surface area (Å²) in [6, 6.07) is 11.8. The largest absolute Gasteiger partial charge is 0.497 e. The van der Waals surface area contributed by atoms with Crippen LogP contribution in [0, 0.1) is 0 Å². The van der Waals surface area contributed by atoms with Crippen molar-refractivity contribution < 1.29 is 14.6 Å². The minimum absolute atomic E-state index is 0.403. The molecule has 0 fully saturated rings. The molecular formula is C15H12ClNO3. The van der Waals surface area contributed by atoms with Gasteiger partial charge in [0.15, 0.2) is 5.60 Å². The summed E-state index contributed by atoms with van der Waals surface area (Å²) in [7, 11) is 1.56. The topological polar surface area (TPSA) is 58.6 Å². The molecule has 1 amide bonds. The number of fused-ring (bicyclic) bond motifs is 1. The summed E-state index contributed by atoms with van der Waals surface area (Å²) in [4.78, 5) is 12.2. The first kappa shape index (κ1) is 13.0. The summed E-state index contributed by atoms with van der Waals surface area (Å²) in [6.07, 6.45) is 0. The summed E-state index contributed by atoms with van der Waals surface area (Å²) in [5.41, 5.74) is -0.346. The SMILES string of the molecule is COc1ccc(C2(O)C(=O)Nc3c(Cl)cccc32)cc1. The number of benzene rings is 2. The van der Waals surface area contributed by atoms with Crippen molar-refractivity contribution in [1.82, 2.24) is 0 Å². The lowest BCUT2D eigenvalue weighted by Crippen LogP contribution is -2.35. The van der Waals surface area contributed by atoms with Crippen LogP contribution in [0.2, 0.25) is 5.02 Å². The number of rotatable bonds is 2. The number of carbonyl (C=O) groups excluding carboxylic acids is 1. The van der Waals surface area contributed by atoms with E-state index in [1.165, 1.54) is 0 Å². The van der Waals surface area contributed by atoms with E-state index in [2.05, 4.69) is 5.32 Å². The van der Waals surface area contributed by atoms with Crippen LogP contribution in [0.1, 0.15) is 11.1 Å². The summed E-state index contributed by atoms with van der Waals surface area (Å²) in [6.45, 7) is 0. The van der Waals surface area contributed by atoms with Crippen molar-refractivity contribution in [3.8, 4) is 5.75 Å². The zero-order valence-electron chi connectivity index (χ0n) is 10.7. The second kappa shape index (κ2) is 4.51. The highest BCUT2D eigenvalue weighted by molar-refractivity contribution is 6.34. The molecule has 3 rings (SSSR count). The number of aliphatic hydroxyl groups is 1. The maximum atomic E-state index is 12.2. The van der Waals surface area contributed by atoms with Gasteiger partial charge in [-0.05, 0) is 23.8 Å². The Morgan fingerprint density at radius 3 is 2.55 bits per heavy atom. The van der Waals surface area contributed by atoms with Gasteiger partial charge in [-0.25, -0.2) is 0 Å². The predicted octanol–water partition coefficient (Wildman–Crippen LogP) is 2.54. The van der Waals surface area contributed by atoms with Crippen LogP contribution in [0.15, 0.2) is 42.5 Å². The van der Waals surface area contributed by atoms with Crippen LogP contribution in [0.3, 0.4) is 0 Å². The molecule has 102 valence electrons. The number of anilines is 1. The number of para-hydroxylation sites is 1. The monoisotopic (exact) mass is 289 g/mol. The van der Waals surface area contributed by atoms with E-state index in [0.29, 0.717) is 27.6 Å². The molecule has 0 saturated carbocycles. The van der Waals surface area contributed by atoms with Gasteiger partial charge in [-0.1, -0.05) is 35.9 Å². The second-order valence-corrected chi connectivity index (χ2v) is 4.96. The van der Waals surface area contributed by atoms with Crippen molar-refractivity contribution in [2.45, 2.75) is 5.60 Å².